The van der Waals surface area contributed by atoms with Gasteiger partial charge in [0.05, 0.1) is 0 Å². The number of hydrogen-bond donors (Lipinski definition) is 0. The minimum absolute atomic E-state index is 0.0305. The molecule has 0 amide bonds. The fraction of sp³-hybridized carbons (Fsp3) is 0.222. The van der Waals surface area contributed by atoms with E-state index < -0.39 is 0 Å². The van der Waals surface area contributed by atoms with Crippen LogP contribution in [-0.4, -0.2) is 7.71 Å². The first-order valence-corrected chi connectivity index (χ1v) is 5.99. The Morgan fingerprint density at radius 2 is 1.75 bits per heavy atom. The maximum absolute atomic E-state index is 11.4. The third-order valence-electron chi connectivity index (χ3n) is 1.53. The van der Waals surface area contributed by atoms with E-state index >= 15 is 0 Å². The Hall–Kier alpha value is 0.350. The summed E-state index contributed by atoms with van der Waals surface area (Å²) >= 11 is 4.24. The van der Waals surface area contributed by atoms with Crippen molar-refractivity contribution in [2.75, 3.05) is 0 Å². The number of halogens is 2. The molecule has 1 rings (SSSR count). The Labute approximate surface area is 99.2 Å². The summed E-state index contributed by atoms with van der Waals surface area (Å²) in [6.45, 7) is 2.01. The van der Waals surface area contributed by atoms with E-state index in [1.807, 2.05) is 31.2 Å². The normalized spacial score (nSPS) is 10.3. The van der Waals surface area contributed by atoms with E-state index in [1.165, 1.54) is 5.56 Å². The van der Waals surface area contributed by atoms with Crippen LogP contribution < -0.4 is 0 Å². The smallest absolute Gasteiger partial charge is 0.185 e. The number of rotatable bonds is 2. The molecule has 0 saturated carbocycles. The molecule has 0 heterocycles. The Morgan fingerprint density at radius 1 is 1.25 bits per heavy atom. The van der Waals surface area contributed by atoms with Crippen LogP contribution in [-0.2, 0) is 0 Å². The van der Waals surface area contributed by atoms with Crippen molar-refractivity contribution >= 4 is 51.0 Å². The van der Waals surface area contributed by atoms with Gasteiger partial charge in [-0.1, -0.05) is 75.0 Å². The number of Topliss-reactive ketones (excluding diaryl/α,β-unsaturated/α-hetero) is 1. The Balaban J connectivity index is 2.90. The van der Waals surface area contributed by atoms with Gasteiger partial charge in [-0.3, -0.25) is 4.79 Å². The minimum atomic E-state index is 0.0305. The van der Waals surface area contributed by atoms with E-state index in [0.717, 1.165) is 5.56 Å². The van der Waals surface area contributed by atoms with Crippen molar-refractivity contribution in [3.63, 3.8) is 0 Å². The summed E-state index contributed by atoms with van der Waals surface area (Å²) < 4.78 is 0.0305. The maximum Gasteiger partial charge on any atom is 0.185 e. The monoisotopic (exact) mass is 386 g/mol. The molecule has 12 heavy (non-hydrogen) atoms. The lowest BCUT2D eigenvalue weighted by molar-refractivity contribution is 0.102. The Kier molecular flexibility index (Phi) is 3.95. The van der Waals surface area contributed by atoms with Crippen LogP contribution in [0, 0.1) is 6.92 Å². The van der Waals surface area contributed by atoms with E-state index in [9.17, 15) is 4.79 Å². The zero-order valence-electron chi connectivity index (χ0n) is 6.55. The van der Waals surface area contributed by atoms with Crippen molar-refractivity contribution in [2.45, 2.75) is 8.86 Å². The standard InChI is InChI=1S/C9H8I2O/c1-6-2-4-7(5-3-6)8(12)9(10)11/h2-5,9H,1H3. The van der Waals surface area contributed by atoms with Gasteiger partial charge in [0.2, 0.25) is 0 Å². The highest BCUT2D eigenvalue weighted by molar-refractivity contribution is 14.2. The molecule has 0 saturated heterocycles. The molecule has 64 valence electrons. The fourth-order valence-electron chi connectivity index (χ4n) is 0.844. The number of hydrogen-bond acceptors (Lipinski definition) is 1. The highest BCUT2D eigenvalue weighted by Gasteiger charge is 2.11. The number of benzene rings is 1. The Morgan fingerprint density at radius 3 is 2.17 bits per heavy atom. The Bertz CT molecular complexity index is 277. The first-order valence-electron chi connectivity index (χ1n) is 3.50. The van der Waals surface area contributed by atoms with Crippen LogP contribution in [0.15, 0.2) is 24.3 Å². The van der Waals surface area contributed by atoms with Crippen LogP contribution in [0.4, 0.5) is 0 Å². The van der Waals surface area contributed by atoms with Gasteiger partial charge in [0.25, 0.3) is 0 Å². The number of aryl methyl sites for hydroxylation is 1. The van der Waals surface area contributed by atoms with Crippen LogP contribution in [0.2, 0.25) is 0 Å². The predicted molar refractivity (Wildman–Crippen MR) is 67.3 cm³/mol. The topological polar surface area (TPSA) is 17.1 Å². The van der Waals surface area contributed by atoms with Crippen molar-refractivity contribution in [3.8, 4) is 0 Å². The zero-order chi connectivity index (χ0) is 9.14. The molecule has 0 radical (unpaired) electrons. The molecule has 0 N–H and O–H groups in total. The molecular weight excluding hydrogens is 378 g/mol. The summed E-state index contributed by atoms with van der Waals surface area (Å²) in [6.07, 6.45) is 0. The molecular formula is C9H8I2O. The summed E-state index contributed by atoms with van der Waals surface area (Å²) in [7, 11) is 0. The average Bonchev–Trinajstić information content (AvgIpc) is 2.04. The third-order valence-corrected chi connectivity index (χ3v) is 2.67. The predicted octanol–water partition coefficient (Wildman–Crippen LogP) is 3.37. The minimum Gasteiger partial charge on any atom is -0.292 e. The second-order valence-electron chi connectivity index (χ2n) is 2.53. The second kappa shape index (κ2) is 4.55. The van der Waals surface area contributed by atoms with Crippen molar-refractivity contribution in [1.82, 2.24) is 0 Å². The van der Waals surface area contributed by atoms with Gasteiger partial charge < -0.3 is 0 Å². The van der Waals surface area contributed by atoms with E-state index in [-0.39, 0.29) is 7.71 Å². The summed E-state index contributed by atoms with van der Waals surface area (Å²) in [5.41, 5.74) is 1.99. The molecule has 1 aromatic rings. The van der Waals surface area contributed by atoms with E-state index in [0.29, 0.717) is 0 Å². The first kappa shape index (κ1) is 10.4. The lowest BCUT2D eigenvalue weighted by Gasteiger charge is -2.01. The fourth-order valence-corrected chi connectivity index (χ4v) is 1.56. The van der Waals surface area contributed by atoms with Crippen molar-refractivity contribution in [3.05, 3.63) is 35.4 Å². The van der Waals surface area contributed by atoms with Gasteiger partial charge in [0, 0.05) is 5.56 Å². The summed E-state index contributed by atoms with van der Waals surface area (Å²) in [4.78, 5) is 11.4. The van der Waals surface area contributed by atoms with Crippen LogP contribution in [0.1, 0.15) is 15.9 Å². The molecule has 3 heteroatoms. The highest BCUT2D eigenvalue weighted by Crippen LogP contribution is 2.16. The molecule has 1 nitrogen and oxygen atoms in total. The molecule has 0 bridgehead atoms. The van der Waals surface area contributed by atoms with Crippen LogP contribution in [0.5, 0.6) is 0 Å². The van der Waals surface area contributed by atoms with E-state index in [2.05, 4.69) is 45.2 Å². The first-order chi connectivity index (χ1) is 5.61. The maximum atomic E-state index is 11.4. The third kappa shape index (κ3) is 2.69. The van der Waals surface area contributed by atoms with Crippen molar-refractivity contribution in [1.29, 1.82) is 0 Å². The molecule has 0 fully saturated rings. The largest absolute Gasteiger partial charge is 0.292 e. The molecule has 0 unspecified atom stereocenters. The van der Waals surface area contributed by atoms with Crippen LogP contribution in [0.3, 0.4) is 0 Å². The van der Waals surface area contributed by atoms with Gasteiger partial charge in [-0.2, -0.15) is 0 Å². The number of carbonyl (C=O) groups excluding carboxylic acids is 1. The summed E-state index contributed by atoms with van der Waals surface area (Å²) in [5.74, 6) is 0.191. The van der Waals surface area contributed by atoms with Gasteiger partial charge in [-0.05, 0) is 6.92 Å². The van der Waals surface area contributed by atoms with Crippen LogP contribution >= 0.6 is 45.2 Å². The summed E-state index contributed by atoms with van der Waals surface area (Å²) in [5, 5.41) is 0. The van der Waals surface area contributed by atoms with Crippen molar-refractivity contribution < 1.29 is 4.79 Å². The van der Waals surface area contributed by atoms with Gasteiger partial charge in [0.15, 0.2) is 5.78 Å². The molecule has 0 aromatic heterocycles. The molecule has 1 aromatic carbocycles. The molecule has 0 aliphatic carbocycles. The summed E-state index contributed by atoms with van der Waals surface area (Å²) in [6, 6.07) is 7.68. The van der Waals surface area contributed by atoms with E-state index in [4.69, 9.17) is 0 Å². The SMILES string of the molecule is Cc1ccc(C(=O)C(I)I)cc1. The quantitative estimate of drug-likeness (QED) is 0.433. The molecule has 0 atom stereocenters. The lowest BCUT2D eigenvalue weighted by atomic mass is 10.1. The van der Waals surface area contributed by atoms with Gasteiger partial charge >= 0.3 is 0 Å². The lowest BCUT2D eigenvalue weighted by Crippen LogP contribution is -2.06. The van der Waals surface area contributed by atoms with Gasteiger partial charge in [-0.25, -0.2) is 0 Å². The molecule has 0 spiro atoms. The number of ketones is 1. The molecule has 0 aliphatic rings. The number of alkyl halides is 2. The second-order valence-corrected chi connectivity index (χ2v) is 7.41. The van der Waals surface area contributed by atoms with Gasteiger partial charge in [0.1, 0.15) is 1.93 Å². The zero-order valence-corrected chi connectivity index (χ0v) is 10.9. The number of carbonyl (C=O) groups is 1. The van der Waals surface area contributed by atoms with Crippen LogP contribution in [0.25, 0.3) is 0 Å². The van der Waals surface area contributed by atoms with Gasteiger partial charge in [-0.15, -0.1) is 0 Å². The van der Waals surface area contributed by atoms with E-state index in [1.54, 1.807) is 0 Å². The average molecular weight is 386 g/mol. The highest BCUT2D eigenvalue weighted by atomic mass is 127. The molecule has 0 aliphatic heterocycles. The van der Waals surface area contributed by atoms with Crippen molar-refractivity contribution in [2.24, 2.45) is 0 Å².